The standard InChI is InChI=1S/C16H25ClN2O3/c1-16(2,21)10-22-14-5-4-11(8-12(14)17)15(20)13(18)9-19-6-3-7-19/h4-5,8,13,15,20-21H,3,6-7,9-10,18H2,1-2H3/t13-,15?/m1/s1. The van der Waals surface area contributed by atoms with Gasteiger partial charge in [0.05, 0.1) is 16.7 Å². The Morgan fingerprint density at radius 2 is 2.09 bits per heavy atom. The summed E-state index contributed by atoms with van der Waals surface area (Å²) in [6.45, 7) is 6.23. The molecule has 0 radical (unpaired) electrons. The molecule has 2 atom stereocenters. The number of hydrogen-bond donors (Lipinski definition) is 3. The van der Waals surface area contributed by atoms with Gasteiger partial charge in [0, 0.05) is 12.6 Å². The Morgan fingerprint density at radius 3 is 2.59 bits per heavy atom. The Morgan fingerprint density at radius 1 is 1.41 bits per heavy atom. The topological polar surface area (TPSA) is 78.9 Å². The SMILES string of the molecule is CC(C)(O)COc1ccc(C(O)[C@H](N)CN2CCC2)cc1Cl. The number of ether oxygens (including phenoxy) is 1. The van der Waals surface area contributed by atoms with Crippen molar-refractivity contribution < 1.29 is 14.9 Å². The van der Waals surface area contributed by atoms with Crippen LogP contribution in [0.2, 0.25) is 5.02 Å². The van der Waals surface area contributed by atoms with E-state index in [1.165, 1.54) is 6.42 Å². The largest absolute Gasteiger partial charge is 0.489 e. The minimum absolute atomic E-state index is 0.142. The van der Waals surface area contributed by atoms with E-state index in [0.717, 1.165) is 13.1 Å². The lowest BCUT2D eigenvalue weighted by molar-refractivity contribution is 0.0285. The fourth-order valence-corrected chi connectivity index (χ4v) is 2.53. The lowest BCUT2D eigenvalue weighted by Gasteiger charge is -2.34. The van der Waals surface area contributed by atoms with Crippen molar-refractivity contribution in [1.29, 1.82) is 0 Å². The van der Waals surface area contributed by atoms with E-state index in [0.29, 0.717) is 22.9 Å². The highest BCUT2D eigenvalue weighted by Gasteiger charge is 2.23. The molecule has 1 fully saturated rings. The van der Waals surface area contributed by atoms with Gasteiger partial charge < -0.3 is 25.6 Å². The van der Waals surface area contributed by atoms with Gasteiger partial charge in [-0.15, -0.1) is 0 Å². The Kier molecular flexibility index (Phi) is 5.69. The number of nitrogens with two attached hydrogens (primary N) is 1. The Bertz CT molecular complexity index is 501. The van der Waals surface area contributed by atoms with E-state index in [1.807, 2.05) is 0 Å². The van der Waals surface area contributed by atoms with Gasteiger partial charge in [0.25, 0.3) is 0 Å². The van der Waals surface area contributed by atoms with Crippen molar-refractivity contribution in [1.82, 2.24) is 4.90 Å². The first-order valence-corrected chi connectivity index (χ1v) is 7.95. The molecule has 1 unspecified atom stereocenters. The van der Waals surface area contributed by atoms with E-state index in [-0.39, 0.29) is 12.6 Å². The van der Waals surface area contributed by atoms with Gasteiger partial charge in [0.1, 0.15) is 12.4 Å². The smallest absolute Gasteiger partial charge is 0.138 e. The summed E-state index contributed by atoms with van der Waals surface area (Å²) < 4.78 is 5.48. The molecular weight excluding hydrogens is 304 g/mol. The molecule has 0 spiro atoms. The third-order valence-electron chi connectivity index (χ3n) is 3.70. The molecule has 1 heterocycles. The molecule has 1 aromatic carbocycles. The summed E-state index contributed by atoms with van der Waals surface area (Å²) in [6, 6.07) is 4.77. The quantitative estimate of drug-likeness (QED) is 0.708. The highest BCUT2D eigenvalue weighted by atomic mass is 35.5. The van der Waals surface area contributed by atoms with Crippen LogP contribution in [0.15, 0.2) is 18.2 Å². The van der Waals surface area contributed by atoms with Gasteiger partial charge in [-0.25, -0.2) is 0 Å². The number of likely N-dealkylation sites (tertiary alicyclic amines) is 1. The average molecular weight is 329 g/mol. The van der Waals surface area contributed by atoms with Crippen molar-refractivity contribution in [3.63, 3.8) is 0 Å². The van der Waals surface area contributed by atoms with Gasteiger partial charge in [0.2, 0.25) is 0 Å². The van der Waals surface area contributed by atoms with Gasteiger partial charge in [-0.3, -0.25) is 0 Å². The Hall–Kier alpha value is -0.850. The van der Waals surface area contributed by atoms with Crippen LogP contribution in [0.3, 0.4) is 0 Å². The molecular formula is C16H25ClN2O3. The maximum absolute atomic E-state index is 10.3. The van der Waals surface area contributed by atoms with Crippen molar-refractivity contribution in [2.24, 2.45) is 5.73 Å². The van der Waals surface area contributed by atoms with E-state index < -0.39 is 11.7 Å². The first kappa shape index (κ1) is 17.5. The zero-order valence-corrected chi connectivity index (χ0v) is 13.9. The van der Waals surface area contributed by atoms with Gasteiger partial charge >= 0.3 is 0 Å². The maximum atomic E-state index is 10.3. The second kappa shape index (κ2) is 7.15. The van der Waals surface area contributed by atoms with Gasteiger partial charge in [-0.05, 0) is 51.1 Å². The monoisotopic (exact) mass is 328 g/mol. The van der Waals surface area contributed by atoms with E-state index in [9.17, 15) is 10.2 Å². The van der Waals surface area contributed by atoms with Gasteiger partial charge in [0.15, 0.2) is 0 Å². The third-order valence-corrected chi connectivity index (χ3v) is 4.00. The van der Waals surface area contributed by atoms with Crippen LogP contribution in [0.25, 0.3) is 0 Å². The van der Waals surface area contributed by atoms with Crippen molar-refractivity contribution in [3.05, 3.63) is 28.8 Å². The minimum atomic E-state index is -0.929. The van der Waals surface area contributed by atoms with Crippen LogP contribution in [0, 0.1) is 0 Å². The molecule has 0 saturated carbocycles. The summed E-state index contributed by atoms with van der Waals surface area (Å²) in [5, 5.41) is 20.4. The van der Waals surface area contributed by atoms with Crippen molar-refractivity contribution in [2.75, 3.05) is 26.2 Å². The molecule has 22 heavy (non-hydrogen) atoms. The van der Waals surface area contributed by atoms with Gasteiger partial charge in [-0.2, -0.15) is 0 Å². The summed E-state index contributed by atoms with van der Waals surface area (Å²) >= 11 is 6.18. The lowest BCUT2D eigenvalue weighted by atomic mass is 10.0. The molecule has 0 aliphatic carbocycles. The van der Waals surface area contributed by atoms with E-state index in [2.05, 4.69) is 4.90 Å². The van der Waals surface area contributed by atoms with Crippen LogP contribution in [-0.4, -0.2) is 53.0 Å². The first-order chi connectivity index (χ1) is 10.3. The molecule has 1 aromatic rings. The second-order valence-electron chi connectivity index (χ2n) is 6.55. The van der Waals surface area contributed by atoms with Gasteiger partial charge in [-0.1, -0.05) is 17.7 Å². The fraction of sp³-hybridized carbons (Fsp3) is 0.625. The highest BCUT2D eigenvalue weighted by molar-refractivity contribution is 6.32. The molecule has 0 aromatic heterocycles. The summed E-state index contributed by atoms with van der Waals surface area (Å²) in [5.74, 6) is 0.482. The van der Waals surface area contributed by atoms with E-state index in [1.54, 1.807) is 32.0 Å². The maximum Gasteiger partial charge on any atom is 0.138 e. The van der Waals surface area contributed by atoms with Crippen LogP contribution in [-0.2, 0) is 0 Å². The van der Waals surface area contributed by atoms with E-state index in [4.69, 9.17) is 22.1 Å². The number of rotatable bonds is 7. The number of aliphatic hydroxyl groups excluding tert-OH is 1. The molecule has 124 valence electrons. The molecule has 0 bridgehead atoms. The molecule has 1 aliphatic rings. The normalized spacial score (nSPS) is 18.6. The van der Waals surface area contributed by atoms with Crippen molar-refractivity contribution in [2.45, 2.75) is 38.0 Å². The van der Waals surface area contributed by atoms with Crippen LogP contribution < -0.4 is 10.5 Å². The summed E-state index contributed by atoms with van der Waals surface area (Å²) in [7, 11) is 0. The fourth-order valence-electron chi connectivity index (χ4n) is 2.28. The lowest BCUT2D eigenvalue weighted by Crippen LogP contribution is -2.47. The second-order valence-corrected chi connectivity index (χ2v) is 6.96. The molecule has 2 rings (SSSR count). The van der Waals surface area contributed by atoms with Crippen LogP contribution in [0.4, 0.5) is 0 Å². The molecule has 5 nitrogen and oxygen atoms in total. The zero-order chi connectivity index (χ0) is 16.3. The number of nitrogens with zero attached hydrogens (tertiary/aromatic N) is 1. The van der Waals surface area contributed by atoms with Crippen LogP contribution >= 0.6 is 11.6 Å². The third kappa shape index (κ3) is 4.83. The highest BCUT2D eigenvalue weighted by Crippen LogP contribution is 2.29. The van der Waals surface area contributed by atoms with E-state index >= 15 is 0 Å². The number of halogens is 1. The Labute approximate surface area is 136 Å². The average Bonchev–Trinajstić information content (AvgIpc) is 2.39. The molecule has 6 heteroatoms. The molecule has 1 aliphatic heterocycles. The predicted molar refractivity (Wildman–Crippen MR) is 87.2 cm³/mol. The summed E-state index contributed by atoms with van der Waals surface area (Å²) in [4.78, 5) is 2.22. The summed E-state index contributed by atoms with van der Waals surface area (Å²) in [5.41, 5.74) is 5.81. The first-order valence-electron chi connectivity index (χ1n) is 7.57. The molecule has 0 amide bonds. The van der Waals surface area contributed by atoms with Crippen molar-refractivity contribution in [3.8, 4) is 5.75 Å². The number of hydrogen-bond acceptors (Lipinski definition) is 5. The summed E-state index contributed by atoms with van der Waals surface area (Å²) in [6.07, 6.45) is 0.434. The minimum Gasteiger partial charge on any atom is -0.489 e. The number of aliphatic hydroxyl groups is 2. The van der Waals surface area contributed by atoms with Crippen molar-refractivity contribution >= 4 is 11.6 Å². The van der Waals surface area contributed by atoms with Crippen LogP contribution in [0.1, 0.15) is 31.9 Å². The number of benzene rings is 1. The molecule has 1 saturated heterocycles. The zero-order valence-electron chi connectivity index (χ0n) is 13.1. The Balaban J connectivity index is 1.98. The predicted octanol–water partition coefficient (Wildman–Crippen LogP) is 1.56. The molecule has 4 N–H and O–H groups in total. The van der Waals surface area contributed by atoms with Crippen LogP contribution in [0.5, 0.6) is 5.75 Å².